The van der Waals surface area contributed by atoms with Crippen LogP contribution in [0.3, 0.4) is 0 Å². The quantitative estimate of drug-likeness (QED) is 0.436. The second kappa shape index (κ2) is 7.89. The van der Waals surface area contributed by atoms with Crippen molar-refractivity contribution in [2.75, 3.05) is 0 Å². The van der Waals surface area contributed by atoms with Gasteiger partial charge in [0.15, 0.2) is 0 Å². The summed E-state index contributed by atoms with van der Waals surface area (Å²) in [4.78, 5) is 0. The molecule has 1 nitrogen and oxygen atoms in total. The molecule has 4 fully saturated rings. The van der Waals surface area contributed by atoms with Gasteiger partial charge >= 0.3 is 0 Å². The average Bonchev–Trinajstić information content (AvgIpc) is 3.03. The second-order valence-electron chi connectivity index (χ2n) is 14.1. The largest absolute Gasteiger partial charge is 0.393 e. The summed E-state index contributed by atoms with van der Waals surface area (Å²) in [5.74, 6) is 3.92. The third-order valence-corrected chi connectivity index (χ3v) is 12.2. The van der Waals surface area contributed by atoms with Gasteiger partial charge < -0.3 is 5.11 Å². The van der Waals surface area contributed by atoms with Crippen molar-refractivity contribution in [3.8, 4) is 0 Å². The van der Waals surface area contributed by atoms with E-state index in [0.717, 1.165) is 30.1 Å². The van der Waals surface area contributed by atoms with Crippen LogP contribution < -0.4 is 0 Å². The fourth-order valence-electron chi connectivity index (χ4n) is 10.1. The third-order valence-electron chi connectivity index (χ3n) is 12.2. The lowest BCUT2D eigenvalue weighted by molar-refractivity contribution is -0.220. The van der Waals surface area contributed by atoms with Crippen molar-refractivity contribution in [2.24, 2.45) is 51.2 Å². The SMILES string of the molecule is C=C(CCCC(C)C)C1CCC2(C)C1CCC1C3(C)CCC(O)C(C)(C)C3CCC12C. The Kier molecular flexibility index (Phi) is 6.07. The lowest BCUT2D eigenvalue weighted by Crippen LogP contribution is -2.63. The molecule has 0 saturated heterocycles. The molecule has 0 radical (unpaired) electrons. The van der Waals surface area contributed by atoms with Crippen LogP contribution in [0.1, 0.15) is 119 Å². The van der Waals surface area contributed by atoms with E-state index in [0.29, 0.717) is 22.2 Å². The first kappa shape index (κ1) is 23.8. The predicted octanol–water partition coefficient (Wildman–Crippen LogP) is 8.41. The highest BCUT2D eigenvalue weighted by Crippen LogP contribution is 2.75. The monoisotopic (exact) mass is 428 g/mol. The summed E-state index contributed by atoms with van der Waals surface area (Å²) in [7, 11) is 0. The van der Waals surface area contributed by atoms with Gasteiger partial charge in [-0.15, -0.1) is 0 Å². The van der Waals surface area contributed by atoms with Crippen molar-refractivity contribution < 1.29 is 5.11 Å². The minimum absolute atomic E-state index is 0.0645. The van der Waals surface area contributed by atoms with E-state index < -0.39 is 0 Å². The number of rotatable bonds is 5. The number of hydrogen-bond donors (Lipinski definition) is 1. The van der Waals surface area contributed by atoms with Crippen LogP contribution >= 0.6 is 0 Å². The van der Waals surface area contributed by atoms with Crippen LogP contribution in [-0.2, 0) is 0 Å². The lowest BCUT2D eigenvalue weighted by Gasteiger charge is -2.69. The highest BCUT2D eigenvalue weighted by atomic mass is 16.3. The molecule has 4 aliphatic rings. The minimum Gasteiger partial charge on any atom is -0.393 e. The average molecular weight is 429 g/mol. The fourth-order valence-corrected chi connectivity index (χ4v) is 10.1. The van der Waals surface area contributed by atoms with Crippen molar-refractivity contribution in [1.29, 1.82) is 0 Å². The molecule has 4 aliphatic carbocycles. The maximum atomic E-state index is 10.8. The van der Waals surface area contributed by atoms with Gasteiger partial charge in [0.05, 0.1) is 6.10 Å². The summed E-state index contributed by atoms with van der Waals surface area (Å²) in [6, 6.07) is 0. The van der Waals surface area contributed by atoms with E-state index in [2.05, 4.69) is 55.0 Å². The molecule has 8 atom stereocenters. The summed E-state index contributed by atoms with van der Waals surface area (Å²) < 4.78 is 0. The fraction of sp³-hybridized carbons (Fsp3) is 0.933. The zero-order valence-electron chi connectivity index (χ0n) is 21.9. The molecule has 1 heteroatoms. The molecule has 4 rings (SSSR count). The van der Waals surface area contributed by atoms with Crippen LogP contribution in [0.2, 0.25) is 0 Å². The van der Waals surface area contributed by atoms with Gasteiger partial charge in [0, 0.05) is 0 Å². The van der Waals surface area contributed by atoms with Gasteiger partial charge in [0.25, 0.3) is 0 Å². The number of aliphatic hydroxyl groups excluding tert-OH is 1. The van der Waals surface area contributed by atoms with Gasteiger partial charge in [-0.05, 0) is 115 Å². The molecular formula is C30H52O. The Morgan fingerprint density at radius 2 is 1.55 bits per heavy atom. The zero-order valence-corrected chi connectivity index (χ0v) is 21.9. The number of aliphatic hydroxyl groups is 1. The van der Waals surface area contributed by atoms with Gasteiger partial charge in [-0.3, -0.25) is 0 Å². The molecule has 1 N–H and O–H groups in total. The Hall–Kier alpha value is -0.300. The molecule has 0 heterocycles. The van der Waals surface area contributed by atoms with Crippen molar-refractivity contribution in [3.05, 3.63) is 12.2 Å². The smallest absolute Gasteiger partial charge is 0.0594 e. The molecule has 31 heavy (non-hydrogen) atoms. The first-order valence-electron chi connectivity index (χ1n) is 13.7. The summed E-state index contributed by atoms with van der Waals surface area (Å²) in [5.41, 5.74) is 2.96. The van der Waals surface area contributed by atoms with E-state index in [4.69, 9.17) is 0 Å². The Bertz CT molecular complexity index is 691. The maximum absolute atomic E-state index is 10.8. The summed E-state index contributed by atoms with van der Waals surface area (Å²) in [6.07, 6.45) is 14.3. The standard InChI is InChI=1S/C30H52O/c1-20(2)10-9-11-21(3)22-14-18-29(7)23(22)12-13-25-28(6)17-16-26(31)27(4,5)24(28)15-19-30(25,29)8/h20,22-26,31H,3,9-19H2,1-2,4-8H3. The van der Waals surface area contributed by atoms with Gasteiger partial charge in [0.1, 0.15) is 0 Å². The van der Waals surface area contributed by atoms with Crippen molar-refractivity contribution >= 4 is 0 Å². The summed E-state index contributed by atoms with van der Waals surface area (Å²) in [6.45, 7) is 22.1. The Morgan fingerprint density at radius 1 is 0.871 bits per heavy atom. The number of fused-ring (bicyclic) bond motifs is 5. The van der Waals surface area contributed by atoms with Crippen molar-refractivity contribution in [2.45, 2.75) is 125 Å². The molecule has 8 unspecified atom stereocenters. The molecule has 0 spiro atoms. The zero-order chi connectivity index (χ0) is 22.8. The third kappa shape index (κ3) is 3.41. The van der Waals surface area contributed by atoms with E-state index in [1.165, 1.54) is 64.2 Å². The Morgan fingerprint density at radius 3 is 2.23 bits per heavy atom. The van der Waals surface area contributed by atoms with Crippen LogP contribution in [-0.4, -0.2) is 11.2 Å². The normalized spacial score (nSPS) is 48.7. The van der Waals surface area contributed by atoms with Gasteiger partial charge in [-0.1, -0.05) is 67.0 Å². The van der Waals surface area contributed by atoms with Crippen molar-refractivity contribution in [1.82, 2.24) is 0 Å². The molecule has 4 saturated carbocycles. The highest BCUT2D eigenvalue weighted by molar-refractivity contribution is 5.20. The summed E-state index contributed by atoms with van der Waals surface area (Å²) >= 11 is 0. The van der Waals surface area contributed by atoms with Gasteiger partial charge in [-0.25, -0.2) is 0 Å². The Labute approximate surface area is 193 Å². The van der Waals surface area contributed by atoms with E-state index in [9.17, 15) is 5.11 Å². The van der Waals surface area contributed by atoms with Crippen LogP contribution in [0.5, 0.6) is 0 Å². The van der Waals surface area contributed by atoms with Gasteiger partial charge in [-0.2, -0.15) is 0 Å². The van der Waals surface area contributed by atoms with Crippen LogP contribution in [0, 0.1) is 51.2 Å². The molecule has 0 amide bonds. The van der Waals surface area contributed by atoms with Crippen LogP contribution in [0.4, 0.5) is 0 Å². The molecule has 0 aromatic carbocycles. The first-order chi connectivity index (χ1) is 14.4. The molecule has 178 valence electrons. The molecule has 0 bridgehead atoms. The van der Waals surface area contributed by atoms with E-state index in [1.807, 2.05) is 0 Å². The van der Waals surface area contributed by atoms with E-state index in [1.54, 1.807) is 5.57 Å². The predicted molar refractivity (Wildman–Crippen MR) is 133 cm³/mol. The first-order valence-corrected chi connectivity index (χ1v) is 13.7. The van der Waals surface area contributed by atoms with E-state index in [-0.39, 0.29) is 11.5 Å². The second-order valence-corrected chi connectivity index (χ2v) is 14.1. The Balaban J connectivity index is 1.57. The topological polar surface area (TPSA) is 20.2 Å². The van der Waals surface area contributed by atoms with Crippen molar-refractivity contribution in [3.63, 3.8) is 0 Å². The molecule has 0 aliphatic heterocycles. The minimum atomic E-state index is -0.119. The molecule has 0 aromatic heterocycles. The highest BCUT2D eigenvalue weighted by Gasteiger charge is 2.68. The number of hydrogen-bond acceptors (Lipinski definition) is 1. The van der Waals surface area contributed by atoms with Crippen LogP contribution in [0.15, 0.2) is 12.2 Å². The summed E-state index contributed by atoms with van der Waals surface area (Å²) in [5, 5.41) is 10.8. The van der Waals surface area contributed by atoms with E-state index >= 15 is 0 Å². The molecule has 0 aromatic rings. The van der Waals surface area contributed by atoms with Gasteiger partial charge in [0.2, 0.25) is 0 Å². The number of allylic oxidation sites excluding steroid dienone is 1. The lowest BCUT2D eigenvalue weighted by atomic mass is 9.35. The molecular weight excluding hydrogens is 376 g/mol. The van der Waals surface area contributed by atoms with Crippen LogP contribution in [0.25, 0.3) is 0 Å². The maximum Gasteiger partial charge on any atom is 0.0594 e.